The largest absolute Gasteiger partial charge is 0.370 e. The van der Waals surface area contributed by atoms with Crippen LogP contribution in [0.4, 0.5) is 11.4 Å². The molecule has 2 nitrogen and oxygen atoms in total. The molecule has 1 aliphatic rings. The number of para-hydroxylation sites is 2. The lowest BCUT2D eigenvalue weighted by atomic mass is 10.2. The fraction of sp³-hybridized carbons (Fsp3) is 0.333. The molecule has 0 amide bonds. The van der Waals surface area contributed by atoms with Crippen molar-refractivity contribution in [2.24, 2.45) is 0 Å². The molecular weight excluding hydrogens is 244 g/mol. The van der Waals surface area contributed by atoms with Gasteiger partial charge < -0.3 is 9.80 Å². The molecule has 0 aliphatic carbocycles. The standard InChI is InChI=1S/C18H22N2/c1-2-19(17-9-4-3-5-10-17)14-15-20-13-12-16-8-6-7-11-18(16)20/h3-11H,2,12-15H2,1H3. The van der Waals surface area contributed by atoms with Crippen molar-refractivity contribution in [1.82, 2.24) is 0 Å². The van der Waals surface area contributed by atoms with Gasteiger partial charge in [0.2, 0.25) is 0 Å². The first-order chi connectivity index (χ1) is 9.88. The number of fused-ring (bicyclic) bond motifs is 1. The Bertz CT molecular complexity index is 548. The minimum Gasteiger partial charge on any atom is -0.370 e. The quantitative estimate of drug-likeness (QED) is 0.816. The molecule has 1 aliphatic heterocycles. The summed E-state index contributed by atoms with van der Waals surface area (Å²) in [7, 11) is 0. The first kappa shape index (κ1) is 13.0. The average Bonchev–Trinajstić information content (AvgIpc) is 2.92. The third kappa shape index (κ3) is 2.64. The molecule has 0 saturated carbocycles. The maximum absolute atomic E-state index is 2.51. The highest BCUT2D eigenvalue weighted by Gasteiger charge is 2.18. The number of benzene rings is 2. The van der Waals surface area contributed by atoms with Gasteiger partial charge in [-0.05, 0) is 37.1 Å². The summed E-state index contributed by atoms with van der Waals surface area (Å²) in [5.41, 5.74) is 4.24. The lowest BCUT2D eigenvalue weighted by Crippen LogP contribution is -2.34. The zero-order valence-electron chi connectivity index (χ0n) is 12.1. The number of rotatable bonds is 5. The van der Waals surface area contributed by atoms with Crippen molar-refractivity contribution in [3.8, 4) is 0 Å². The van der Waals surface area contributed by atoms with Gasteiger partial charge in [0, 0.05) is 37.6 Å². The first-order valence-corrected chi connectivity index (χ1v) is 7.51. The number of anilines is 2. The van der Waals surface area contributed by atoms with Gasteiger partial charge in [-0.15, -0.1) is 0 Å². The highest BCUT2D eigenvalue weighted by Crippen LogP contribution is 2.27. The second-order valence-corrected chi connectivity index (χ2v) is 5.28. The first-order valence-electron chi connectivity index (χ1n) is 7.51. The zero-order valence-corrected chi connectivity index (χ0v) is 12.1. The van der Waals surface area contributed by atoms with Crippen LogP contribution in [0, 0.1) is 0 Å². The van der Waals surface area contributed by atoms with Gasteiger partial charge in [0.25, 0.3) is 0 Å². The van der Waals surface area contributed by atoms with E-state index in [0.29, 0.717) is 0 Å². The van der Waals surface area contributed by atoms with Crippen molar-refractivity contribution in [1.29, 1.82) is 0 Å². The van der Waals surface area contributed by atoms with Gasteiger partial charge in [-0.25, -0.2) is 0 Å². The highest BCUT2D eigenvalue weighted by molar-refractivity contribution is 5.58. The van der Waals surface area contributed by atoms with E-state index in [1.165, 1.54) is 23.4 Å². The van der Waals surface area contributed by atoms with Gasteiger partial charge in [0.15, 0.2) is 0 Å². The second-order valence-electron chi connectivity index (χ2n) is 5.28. The van der Waals surface area contributed by atoms with Crippen LogP contribution in [0.2, 0.25) is 0 Å². The molecular formula is C18H22N2. The Kier molecular flexibility index (Phi) is 3.91. The minimum atomic E-state index is 1.06. The van der Waals surface area contributed by atoms with Crippen LogP contribution < -0.4 is 9.80 Å². The Morgan fingerprint density at radius 2 is 1.75 bits per heavy atom. The van der Waals surface area contributed by atoms with E-state index in [0.717, 1.165) is 26.2 Å². The van der Waals surface area contributed by atoms with Crippen molar-refractivity contribution < 1.29 is 0 Å². The lowest BCUT2D eigenvalue weighted by molar-refractivity contribution is 0.758. The smallest absolute Gasteiger partial charge is 0.0400 e. The summed E-state index contributed by atoms with van der Waals surface area (Å²) in [5.74, 6) is 0. The summed E-state index contributed by atoms with van der Waals surface area (Å²) in [6, 6.07) is 19.5. The van der Waals surface area contributed by atoms with Gasteiger partial charge in [-0.3, -0.25) is 0 Å². The summed E-state index contributed by atoms with van der Waals surface area (Å²) in [6.45, 7) is 6.62. The Labute approximate surface area is 121 Å². The minimum absolute atomic E-state index is 1.06. The summed E-state index contributed by atoms with van der Waals surface area (Å²) in [5, 5.41) is 0. The molecule has 0 unspecified atom stereocenters. The van der Waals surface area contributed by atoms with Gasteiger partial charge in [-0.2, -0.15) is 0 Å². The summed E-state index contributed by atoms with van der Waals surface area (Å²) in [6.07, 6.45) is 1.19. The Morgan fingerprint density at radius 3 is 2.55 bits per heavy atom. The molecule has 0 N–H and O–H groups in total. The van der Waals surface area contributed by atoms with Crippen LogP contribution in [0.5, 0.6) is 0 Å². The van der Waals surface area contributed by atoms with E-state index in [4.69, 9.17) is 0 Å². The molecule has 1 heterocycles. The van der Waals surface area contributed by atoms with Gasteiger partial charge >= 0.3 is 0 Å². The SMILES string of the molecule is CCN(CCN1CCc2ccccc21)c1ccccc1. The average molecular weight is 266 g/mol. The van der Waals surface area contributed by atoms with Crippen molar-refractivity contribution in [3.63, 3.8) is 0 Å². The molecule has 104 valence electrons. The summed E-state index contributed by atoms with van der Waals surface area (Å²) < 4.78 is 0. The van der Waals surface area contributed by atoms with E-state index < -0.39 is 0 Å². The predicted molar refractivity (Wildman–Crippen MR) is 86.7 cm³/mol. The Balaban J connectivity index is 1.65. The zero-order chi connectivity index (χ0) is 13.8. The van der Waals surface area contributed by atoms with Gasteiger partial charge in [0.1, 0.15) is 0 Å². The Morgan fingerprint density at radius 1 is 1.00 bits per heavy atom. The lowest BCUT2D eigenvalue weighted by Gasteiger charge is -2.27. The molecule has 3 rings (SSSR count). The van der Waals surface area contributed by atoms with E-state index in [9.17, 15) is 0 Å². The third-order valence-electron chi connectivity index (χ3n) is 4.13. The maximum Gasteiger partial charge on any atom is 0.0400 e. The molecule has 0 radical (unpaired) electrons. The van der Waals surface area contributed by atoms with Crippen LogP contribution in [0.25, 0.3) is 0 Å². The van der Waals surface area contributed by atoms with Crippen molar-refractivity contribution >= 4 is 11.4 Å². The number of likely N-dealkylation sites (N-methyl/N-ethyl adjacent to an activating group) is 1. The Hall–Kier alpha value is -1.96. The van der Waals surface area contributed by atoms with Crippen molar-refractivity contribution in [2.75, 3.05) is 36.0 Å². The van der Waals surface area contributed by atoms with E-state index in [1.54, 1.807) is 0 Å². The fourth-order valence-electron chi connectivity index (χ4n) is 2.99. The molecule has 0 spiro atoms. The molecule has 2 heteroatoms. The maximum atomic E-state index is 2.51. The molecule has 0 atom stereocenters. The van der Waals surface area contributed by atoms with E-state index in [2.05, 4.69) is 71.3 Å². The molecule has 0 saturated heterocycles. The fourth-order valence-corrected chi connectivity index (χ4v) is 2.99. The number of nitrogens with zero attached hydrogens (tertiary/aromatic N) is 2. The summed E-state index contributed by atoms with van der Waals surface area (Å²) in [4.78, 5) is 4.96. The van der Waals surface area contributed by atoms with Crippen LogP contribution in [0.1, 0.15) is 12.5 Å². The third-order valence-corrected chi connectivity index (χ3v) is 4.13. The van der Waals surface area contributed by atoms with Crippen LogP contribution >= 0.6 is 0 Å². The predicted octanol–water partition coefficient (Wildman–Crippen LogP) is 3.58. The molecule has 0 fully saturated rings. The molecule has 0 aromatic heterocycles. The highest BCUT2D eigenvalue weighted by atomic mass is 15.2. The number of hydrogen-bond acceptors (Lipinski definition) is 2. The number of hydrogen-bond donors (Lipinski definition) is 0. The second kappa shape index (κ2) is 6.00. The monoisotopic (exact) mass is 266 g/mol. The van der Waals surface area contributed by atoms with Crippen LogP contribution in [0.15, 0.2) is 54.6 Å². The topological polar surface area (TPSA) is 6.48 Å². The van der Waals surface area contributed by atoms with Crippen molar-refractivity contribution in [2.45, 2.75) is 13.3 Å². The normalized spacial score (nSPS) is 13.3. The van der Waals surface area contributed by atoms with Crippen LogP contribution in [-0.4, -0.2) is 26.2 Å². The molecule has 2 aromatic rings. The molecule has 2 aromatic carbocycles. The molecule has 20 heavy (non-hydrogen) atoms. The van der Waals surface area contributed by atoms with E-state index >= 15 is 0 Å². The van der Waals surface area contributed by atoms with Gasteiger partial charge in [0.05, 0.1) is 0 Å². The van der Waals surface area contributed by atoms with E-state index in [-0.39, 0.29) is 0 Å². The van der Waals surface area contributed by atoms with Crippen molar-refractivity contribution in [3.05, 3.63) is 60.2 Å². The van der Waals surface area contributed by atoms with Crippen LogP contribution in [0.3, 0.4) is 0 Å². The van der Waals surface area contributed by atoms with E-state index in [1.807, 2.05) is 0 Å². The molecule has 0 bridgehead atoms. The summed E-state index contributed by atoms with van der Waals surface area (Å²) >= 11 is 0. The van der Waals surface area contributed by atoms with Crippen LogP contribution in [-0.2, 0) is 6.42 Å². The van der Waals surface area contributed by atoms with Gasteiger partial charge in [-0.1, -0.05) is 36.4 Å².